The van der Waals surface area contributed by atoms with Crippen LogP contribution in [-0.4, -0.2) is 39.8 Å². The molecule has 1 saturated heterocycles. The highest BCUT2D eigenvalue weighted by atomic mass is 16.4. The van der Waals surface area contributed by atoms with Crippen molar-refractivity contribution >= 4 is 5.97 Å². The molecule has 1 heterocycles. The molecule has 0 radical (unpaired) electrons. The van der Waals surface area contributed by atoms with Gasteiger partial charge in [0.25, 0.3) is 0 Å². The first-order valence-electron chi connectivity index (χ1n) is 6.70. The number of β-amino-alcohol motifs (C(OH)–C–C–N with tert-alkyl or cyclic N) is 1. The zero-order chi connectivity index (χ0) is 13.9. The Hall–Kier alpha value is -1.39. The minimum absolute atomic E-state index is 0.0560. The Morgan fingerprint density at radius 2 is 2.05 bits per heavy atom. The summed E-state index contributed by atoms with van der Waals surface area (Å²) in [7, 11) is 0. The van der Waals surface area contributed by atoms with E-state index in [9.17, 15) is 9.90 Å². The number of rotatable bonds is 4. The van der Waals surface area contributed by atoms with Crippen LogP contribution in [-0.2, 0) is 17.8 Å². The molecular weight excluding hydrogens is 242 g/mol. The standard InChI is InChI=1S/C15H21NO3/c1-15(19)7-4-8-16(11-15)10-13-6-3-2-5-12(13)9-14(17)18/h2-3,5-6,19H,4,7-11H2,1H3,(H,17,18). The topological polar surface area (TPSA) is 60.8 Å². The largest absolute Gasteiger partial charge is 0.481 e. The average molecular weight is 263 g/mol. The Balaban J connectivity index is 2.08. The highest BCUT2D eigenvalue weighted by Crippen LogP contribution is 2.22. The summed E-state index contributed by atoms with van der Waals surface area (Å²) in [4.78, 5) is 13.1. The number of likely N-dealkylation sites (tertiary alicyclic amines) is 1. The normalized spacial score (nSPS) is 24.3. The predicted molar refractivity (Wildman–Crippen MR) is 72.9 cm³/mol. The van der Waals surface area contributed by atoms with E-state index in [1.54, 1.807) is 0 Å². The molecule has 1 unspecified atom stereocenters. The Kier molecular flexibility index (Phi) is 4.22. The van der Waals surface area contributed by atoms with Crippen LogP contribution in [0.3, 0.4) is 0 Å². The number of benzene rings is 1. The van der Waals surface area contributed by atoms with Gasteiger partial charge in [-0.2, -0.15) is 0 Å². The van der Waals surface area contributed by atoms with Crippen molar-refractivity contribution in [2.24, 2.45) is 0 Å². The van der Waals surface area contributed by atoms with Gasteiger partial charge in [-0.3, -0.25) is 9.69 Å². The Morgan fingerprint density at radius 1 is 1.37 bits per heavy atom. The van der Waals surface area contributed by atoms with Crippen molar-refractivity contribution in [3.05, 3.63) is 35.4 Å². The summed E-state index contributed by atoms with van der Waals surface area (Å²) >= 11 is 0. The van der Waals surface area contributed by atoms with Crippen LogP contribution >= 0.6 is 0 Å². The molecule has 4 nitrogen and oxygen atoms in total. The van der Waals surface area contributed by atoms with Gasteiger partial charge < -0.3 is 10.2 Å². The molecule has 0 saturated carbocycles. The van der Waals surface area contributed by atoms with Crippen molar-refractivity contribution in [3.63, 3.8) is 0 Å². The fourth-order valence-corrected chi connectivity index (χ4v) is 2.75. The molecule has 1 atom stereocenters. The molecule has 2 rings (SSSR count). The highest BCUT2D eigenvalue weighted by Gasteiger charge is 2.28. The summed E-state index contributed by atoms with van der Waals surface area (Å²) in [6, 6.07) is 7.64. The maximum absolute atomic E-state index is 10.9. The molecule has 0 aliphatic carbocycles. The summed E-state index contributed by atoms with van der Waals surface area (Å²) in [5, 5.41) is 19.0. The van der Waals surface area contributed by atoms with E-state index in [0.29, 0.717) is 13.1 Å². The smallest absolute Gasteiger partial charge is 0.307 e. The van der Waals surface area contributed by atoms with Crippen LogP contribution in [0.1, 0.15) is 30.9 Å². The third-order valence-corrected chi connectivity index (χ3v) is 3.61. The molecule has 4 heteroatoms. The van der Waals surface area contributed by atoms with Gasteiger partial charge in [0.15, 0.2) is 0 Å². The highest BCUT2D eigenvalue weighted by molar-refractivity contribution is 5.70. The Labute approximate surface area is 113 Å². The lowest BCUT2D eigenvalue weighted by Gasteiger charge is -2.37. The number of hydrogen-bond acceptors (Lipinski definition) is 3. The summed E-state index contributed by atoms with van der Waals surface area (Å²) in [5.41, 5.74) is 1.28. The second kappa shape index (κ2) is 5.72. The van der Waals surface area contributed by atoms with Crippen LogP contribution in [0.2, 0.25) is 0 Å². The molecule has 104 valence electrons. The fraction of sp³-hybridized carbons (Fsp3) is 0.533. The van der Waals surface area contributed by atoms with E-state index >= 15 is 0 Å². The van der Waals surface area contributed by atoms with Crippen LogP contribution < -0.4 is 0 Å². The maximum Gasteiger partial charge on any atom is 0.307 e. The van der Waals surface area contributed by atoms with Gasteiger partial charge in [-0.15, -0.1) is 0 Å². The van der Waals surface area contributed by atoms with Crippen LogP contribution in [0.25, 0.3) is 0 Å². The van der Waals surface area contributed by atoms with Gasteiger partial charge in [-0.1, -0.05) is 24.3 Å². The first-order chi connectivity index (χ1) is 8.96. The molecular formula is C15H21NO3. The van der Waals surface area contributed by atoms with Crippen LogP contribution in [0.4, 0.5) is 0 Å². The van der Waals surface area contributed by atoms with Crippen molar-refractivity contribution in [1.29, 1.82) is 0 Å². The molecule has 1 aliphatic heterocycles. The molecule has 1 fully saturated rings. The second-order valence-electron chi connectivity index (χ2n) is 5.65. The lowest BCUT2D eigenvalue weighted by molar-refractivity contribution is -0.136. The first-order valence-corrected chi connectivity index (χ1v) is 6.70. The molecule has 1 aliphatic rings. The summed E-state index contributed by atoms with van der Waals surface area (Å²) in [6.45, 7) is 4.17. The van der Waals surface area contributed by atoms with Crippen molar-refractivity contribution in [3.8, 4) is 0 Å². The number of aliphatic carboxylic acids is 1. The van der Waals surface area contributed by atoms with Crippen molar-refractivity contribution in [2.45, 2.75) is 38.3 Å². The zero-order valence-electron chi connectivity index (χ0n) is 11.3. The number of piperidine rings is 1. The lowest BCUT2D eigenvalue weighted by Crippen LogP contribution is -2.45. The van der Waals surface area contributed by atoms with Gasteiger partial charge in [-0.05, 0) is 37.4 Å². The van der Waals surface area contributed by atoms with Crippen LogP contribution in [0.15, 0.2) is 24.3 Å². The van der Waals surface area contributed by atoms with E-state index in [4.69, 9.17) is 5.11 Å². The van der Waals surface area contributed by atoms with E-state index in [2.05, 4.69) is 4.90 Å². The monoisotopic (exact) mass is 263 g/mol. The van der Waals surface area contributed by atoms with E-state index in [0.717, 1.165) is 30.5 Å². The summed E-state index contributed by atoms with van der Waals surface area (Å²) < 4.78 is 0. The Bertz CT molecular complexity index is 456. The van der Waals surface area contributed by atoms with E-state index < -0.39 is 11.6 Å². The molecule has 0 aromatic heterocycles. The average Bonchev–Trinajstić information content (AvgIpc) is 2.30. The molecule has 0 bridgehead atoms. The molecule has 2 N–H and O–H groups in total. The third kappa shape index (κ3) is 4.04. The minimum atomic E-state index is -0.807. The number of carboxylic acids is 1. The van der Waals surface area contributed by atoms with Crippen molar-refractivity contribution < 1.29 is 15.0 Å². The van der Waals surface area contributed by atoms with Crippen LogP contribution in [0, 0.1) is 0 Å². The molecule has 1 aromatic carbocycles. The maximum atomic E-state index is 10.9. The van der Waals surface area contributed by atoms with Gasteiger partial charge in [0.05, 0.1) is 12.0 Å². The van der Waals surface area contributed by atoms with Crippen molar-refractivity contribution in [2.75, 3.05) is 13.1 Å². The van der Waals surface area contributed by atoms with E-state index in [-0.39, 0.29) is 6.42 Å². The Morgan fingerprint density at radius 3 is 2.68 bits per heavy atom. The van der Waals surface area contributed by atoms with Gasteiger partial charge in [0.2, 0.25) is 0 Å². The number of aliphatic hydroxyl groups is 1. The first kappa shape index (κ1) is 14.0. The third-order valence-electron chi connectivity index (χ3n) is 3.61. The fourth-order valence-electron chi connectivity index (χ4n) is 2.75. The minimum Gasteiger partial charge on any atom is -0.481 e. The predicted octanol–water partition coefficient (Wildman–Crippen LogP) is 1.66. The summed E-state index contributed by atoms with van der Waals surface area (Å²) in [6.07, 6.45) is 1.87. The molecule has 1 aromatic rings. The zero-order valence-corrected chi connectivity index (χ0v) is 11.3. The van der Waals surface area contributed by atoms with Gasteiger partial charge >= 0.3 is 5.97 Å². The second-order valence-corrected chi connectivity index (χ2v) is 5.65. The van der Waals surface area contributed by atoms with Gasteiger partial charge in [0, 0.05) is 13.1 Å². The SMILES string of the molecule is CC1(O)CCCN(Cc2ccccc2CC(=O)O)C1. The van der Waals surface area contributed by atoms with Crippen LogP contribution in [0.5, 0.6) is 0 Å². The van der Waals surface area contributed by atoms with E-state index in [1.807, 2.05) is 31.2 Å². The van der Waals surface area contributed by atoms with Gasteiger partial charge in [-0.25, -0.2) is 0 Å². The lowest BCUT2D eigenvalue weighted by atomic mass is 9.94. The quantitative estimate of drug-likeness (QED) is 0.867. The van der Waals surface area contributed by atoms with E-state index in [1.165, 1.54) is 0 Å². The van der Waals surface area contributed by atoms with Gasteiger partial charge in [0.1, 0.15) is 0 Å². The molecule has 19 heavy (non-hydrogen) atoms. The number of carbonyl (C=O) groups is 1. The number of nitrogens with zero attached hydrogens (tertiary/aromatic N) is 1. The molecule has 0 spiro atoms. The molecule has 0 amide bonds. The number of carboxylic acid groups (broad SMARTS) is 1. The van der Waals surface area contributed by atoms with Crippen molar-refractivity contribution in [1.82, 2.24) is 4.90 Å². The summed E-state index contributed by atoms with van der Waals surface area (Å²) in [5.74, 6) is -0.807. The number of hydrogen-bond donors (Lipinski definition) is 2.